The minimum Gasteiger partial charge on any atom is -0.377 e. The Bertz CT molecular complexity index is 825. The maximum Gasteiger partial charge on any atom is 0.0976 e. The average molecular weight is 401 g/mol. The van der Waals surface area contributed by atoms with E-state index in [9.17, 15) is 4.39 Å². The van der Waals surface area contributed by atoms with Crippen molar-refractivity contribution in [1.82, 2.24) is 10.3 Å². The van der Waals surface area contributed by atoms with Crippen LogP contribution >= 0.6 is 11.6 Å². The van der Waals surface area contributed by atoms with E-state index in [4.69, 9.17) is 11.6 Å². The SMILES string of the molecule is C=C(NC(C)c1ccc(CCC(C)F)cn1)/C(=C/C)c1ccc(Cl)cc1CC. The molecular formula is C24H30ClFN2. The Morgan fingerprint density at radius 3 is 2.61 bits per heavy atom. The predicted molar refractivity (Wildman–Crippen MR) is 118 cm³/mol. The lowest BCUT2D eigenvalue weighted by Gasteiger charge is -2.21. The van der Waals surface area contributed by atoms with Gasteiger partial charge in [-0.15, -0.1) is 0 Å². The zero-order valence-corrected chi connectivity index (χ0v) is 18.0. The summed E-state index contributed by atoms with van der Waals surface area (Å²) < 4.78 is 13.0. The standard InChI is InChI=1S/C24H30ClFN2/c1-6-20-14-21(25)11-12-23(20)22(7-2)17(4)28-18(5)24-13-10-19(15-27-24)9-8-16(3)26/h7,10-16,18,28H,4,6,8-9H2,1-3,5H3/b22-7-. The van der Waals surface area contributed by atoms with Gasteiger partial charge in [-0.2, -0.15) is 0 Å². The lowest BCUT2D eigenvalue weighted by Crippen LogP contribution is -2.19. The number of hydrogen-bond acceptors (Lipinski definition) is 2. The molecule has 4 heteroatoms. The van der Waals surface area contributed by atoms with Crippen LogP contribution in [0.15, 0.2) is 54.9 Å². The van der Waals surface area contributed by atoms with Gasteiger partial charge in [0.05, 0.1) is 17.9 Å². The predicted octanol–water partition coefficient (Wildman–Crippen LogP) is 6.86. The Morgan fingerprint density at radius 1 is 1.29 bits per heavy atom. The quantitative estimate of drug-likeness (QED) is 0.465. The molecule has 0 radical (unpaired) electrons. The number of hydrogen-bond donors (Lipinski definition) is 1. The van der Waals surface area contributed by atoms with Gasteiger partial charge in [-0.1, -0.05) is 43.3 Å². The van der Waals surface area contributed by atoms with Gasteiger partial charge in [-0.3, -0.25) is 4.98 Å². The van der Waals surface area contributed by atoms with Crippen molar-refractivity contribution in [3.63, 3.8) is 0 Å². The molecule has 0 bridgehead atoms. The number of benzene rings is 1. The summed E-state index contributed by atoms with van der Waals surface area (Å²) in [4.78, 5) is 4.55. The van der Waals surface area contributed by atoms with E-state index in [1.807, 2.05) is 43.5 Å². The number of pyridine rings is 1. The second kappa shape index (κ2) is 10.4. The highest BCUT2D eigenvalue weighted by molar-refractivity contribution is 6.30. The largest absolute Gasteiger partial charge is 0.377 e. The normalized spacial score (nSPS) is 13.9. The Labute approximate surface area is 173 Å². The van der Waals surface area contributed by atoms with Crippen molar-refractivity contribution in [3.05, 3.63) is 82.3 Å². The third-order valence-electron chi connectivity index (χ3n) is 4.86. The Morgan fingerprint density at radius 2 is 2.04 bits per heavy atom. The fourth-order valence-electron chi connectivity index (χ4n) is 3.23. The molecule has 0 aliphatic carbocycles. The van der Waals surface area contributed by atoms with Gasteiger partial charge in [0.2, 0.25) is 0 Å². The maximum absolute atomic E-state index is 13.0. The van der Waals surface area contributed by atoms with E-state index in [0.29, 0.717) is 12.8 Å². The second-order valence-corrected chi connectivity index (χ2v) is 7.55. The molecule has 1 aromatic carbocycles. The minimum absolute atomic E-state index is 0.00831. The third kappa shape index (κ3) is 5.93. The van der Waals surface area contributed by atoms with Gasteiger partial charge in [-0.25, -0.2) is 4.39 Å². The number of aryl methyl sites for hydroxylation is 2. The van der Waals surface area contributed by atoms with E-state index in [1.165, 1.54) is 5.56 Å². The van der Waals surface area contributed by atoms with Gasteiger partial charge in [0.25, 0.3) is 0 Å². The molecule has 2 unspecified atom stereocenters. The number of allylic oxidation sites excluding steroid dienone is 2. The van der Waals surface area contributed by atoms with Crippen LogP contribution in [0, 0.1) is 0 Å². The third-order valence-corrected chi connectivity index (χ3v) is 5.10. The Balaban J connectivity index is 2.10. The van der Waals surface area contributed by atoms with Crippen LogP contribution in [0.5, 0.6) is 0 Å². The molecule has 2 nitrogen and oxygen atoms in total. The highest BCUT2D eigenvalue weighted by Gasteiger charge is 2.14. The number of rotatable bonds is 9. The summed E-state index contributed by atoms with van der Waals surface area (Å²) in [7, 11) is 0. The summed E-state index contributed by atoms with van der Waals surface area (Å²) in [5.74, 6) is 0. The first-order valence-electron chi connectivity index (χ1n) is 9.85. The van der Waals surface area contributed by atoms with Crippen molar-refractivity contribution in [3.8, 4) is 0 Å². The van der Waals surface area contributed by atoms with Crippen molar-refractivity contribution in [2.75, 3.05) is 0 Å². The zero-order chi connectivity index (χ0) is 20.7. The molecule has 1 N–H and O–H groups in total. The minimum atomic E-state index is -0.788. The molecule has 0 amide bonds. The van der Waals surface area contributed by atoms with Crippen LogP contribution in [-0.2, 0) is 12.8 Å². The summed E-state index contributed by atoms with van der Waals surface area (Å²) >= 11 is 6.15. The lowest BCUT2D eigenvalue weighted by molar-refractivity contribution is 0.341. The van der Waals surface area contributed by atoms with Gasteiger partial charge >= 0.3 is 0 Å². The van der Waals surface area contributed by atoms with E-state index in [1.54, 1.807) is 6.92 Å². The summed E-state index contributed by atoms with van der Waals surface area (Å²) in [6.45, 7) is 12.0. The highest BCUT2D eigenvalue weighted by atomic mass is 35.5. The van der Waals surface area contributed by atoms with Crippen LogP contribution in [0.3, 0.4) is 0 Å². The molecule has 0 spiro atoms. The highest BCUT2D eigenvalue weighted by Crippen LogP contribution is 2.28. The van der Waals surface area contributed by atoms with Gasteiger partial charge in [0.15, 0.2) is 0 Å². The molecule has 0 saturated carbocycles. The van der Waals surface area contributed by atoms with Crippen LogP contribution in [0.25, 0.3) is 5.57 Å². The van der Waals surface area contributed by atoms with E-state index in [0.717, 1.165) is 39.5 Å². The molecule has 0 saturated heterocycles. The van der Waals surface area contributed by atoms with E-state index in [2.05, 4.69) is 36.8 Å². The number of nitrogens with one attached hydrogen (secondary N) is 1. The lowest BCUT2D eigenvalue weighted by atomic mass is 9.95. The van der Waals surface area contributed by atoms with Crippen molar-refractivity contribution in [2.45, 2.75) is 59.2 Å². The molecule has 1 heterocycles. The topological polar surface area (TPSA) is 24.9 Å². The molecule has 2 rings (SSSR count). The van der Waals surface area contributed by atoms with Crippen molar-refractivity contribution in [2.24, 2.45) is 0 Å². The molecule has 2 aromatic rings. The van der Waals surface area contributed by atoms with Gasteiger partial charge in [-0.05, 0) is 74.9 Å². The molecule has 1 aromatic heterocycles. The Hall–Kier alpha value is -2.13. The van der Waals surface area contributed by atoms with E-state index < -0.39 is 6.17 Å². The second-order valence-electron chi connectivity index (χ2n) is 7.11. The van der Waals surface area contributed by atoms with Crippen LogP contribution in [0.2, 0.25) is 5.02 Å². The van der Waals surface area contributed by atoms with Crippen LogP contribution < -0.4 is 5.32 Å². The number of aromatic nitrogens is 1. The first-order valence-corrected chi connectivity index (χ1v) is 10.2. The number of halogens is 2. The van der Waals surface area contributed by atoms with Crippen LogP contribution in [-0.4, -0.2) is 11.2 Å². The van der Waals surface area contributed by atoms with Crippen molar-refractivity contribution >= 4 is 17.2 Å². The van der Waals surface area contributed by atoms with Crippen molar-refractivity contribution < 1.29 is 4.39 Å². The average Bonchev–Trinajstić information content (AvgIpc) is 2.68. The molecule has 0 aliphatic heterocycles. The first kappa shape index (κ1) is 22.2. The molecule has 0 aliphatic rings. The first-order chi connectivity index (χ1) is 13.3. The fraction of sp³-hybridized carbons (Fsp3) is 0.375. The summed E-state index contributed by atoms with van der Waals surface area (Å²) in [5, 5.41) is 4.21. The van der Waals surface area contributed by atoms with E-state index in [-0.39, 0.29) is 6.04 Å². The van der Waals surface area contributed by atoms with E-state index >= 15 is 0 Å². The van der Waals surface area contributed by atoms with Crippen LogP contribution in [0.1, 0.15) is 62.5 Å². The summed E-state index contributed by atoms with van der Waals surface area (Å²) in [6, 6.07) is 10.0. The van der Waals surface area contributed by atoms with Gasteiger partial charge < -0.3 is 5.32 Å². The summed E-state index contributed by atoms with van der Waals surface area (Å²) in [6.07, 6.45) is 5.25. The van der Waals surface area contributed by atoms with Crippen molar-refractivity contribution in [1.29, 1.82) is 0 Å². The molecule has 150 valence electrons. The maximum atomic E-state index is 13.0. The van der Waals surface area contributed by atoms with Gasteiger partial charge in [0.1, 0.15) is 0 Å². The zero-order valence-electron chi connectivity index (χ0n) is 17.2. The summed E-state index contributed by atoms with van der Waals surface area (Å²) in [5.41, 5.74) is 6.24. The molecule has 2 atom stereocenters. The molecule has 0 fully saturated rings. The molecule has 28 heavy (non-hydrogen) atoms. The smallest absolute Gasteiger partial charge is 0.0976 e. The molecular weight excluding hydrogens is 371 g/mol. The Kier molecular flexibility index (Phi) is 8.25. The monoisotopic (exact) mass is 400 g/mol. The van der Waals surface area contributed by atoms with Crippen LogP contribution in [0.4, 0.5) is 4.39 Å². The number of alkyl halides is 1. The fourth-order valence-corrected chi connectivity index (χ4v) is 3.42. The van der Waals surface area contributed by atoms with Gasteiger partial charge in [0, 0.05) is 22.5 Å². The number of nitrogens with zero attached hydrogens (tertiary/aromatic N) is 1.